The molecule has 0 heterocycles. The molecule has 0 saturated carbocycles. The third-order valence-electron chi connectivity index (χ3n) is 1.16. The molecule has 0 bridgehead atoms. The van der Waals surface area contributed by atoms with Gasteiger partial charge in [0.1, 0.15) is 5.75 Å². The molecule has 3 heteroatoms. The first-order valence-corrected chi connectivity index (χ1v) is 2.72. The minimum atomic E-state index is -0.104. The summed E-state index contributed by atoms with van der Waals surface area (Å²) in [6.45, 7) is -0.104. The quantitative estimate of drug-likeness (QED) is 0.709. The van der Waals surface area contributed by atoms with Crippen molar-refractivity contribution in [2.75, 3.05) is 0 Å². The molecule has 0 saturated heterocycles. The molecule has 0 aromatic heterocycles. The zero-order valence-corrected chi connectivity index (χ0v) is 11.1. The summed E-state index contributed by atoms with van der Waals surface area (Å²) in [7, 11) is 0. The maximum atomic E-state index is 8.95. The number of hydrogen-bond acceptors (Lipinski definition) is 2. The fourth-order valence-electron chi connectivity index (χ4n) is 0.645. The van der Waals surface area contributed by atoms with Gasteiger partial charge >= 0.3 is 27.3 Å². The second-order valence-corrected chi connectivity index (χ2v) is 1.79. The number of benzene rings is 1. The van der Waals surface area contributed by atoms with Gasteiger partial charge in [-0.05, 0) is 6.07 Å². The van der Waals surface area contributed by atoms with E-state index in [4.69, 9.17) is 10.2 Å². The van der Waals surface area contributed by atoms with Gasteiger partial charge in [-0.15, -0.1) is 0 Å². The molecule has 1 rings (SSSR count). The number of aliphatic hydroxyl groups excluding tert-OH is 1. The van der Waals surface area contributed by atoms with E-state index in [1.165, 1.54) is 0 Å². The second kappa shape index (κ2) is 4.68. The van der Waals surface area contributed by atoms with Gasteiger partial charge in [-0.2, -0.15) is 0 Å². The normalized spacial score (nSPS) is 8.50. The summed E-state index contributed by atoms with van der Waals surface area (Å²) in [5.74, 6) is 0.153. The summed E-state index contributed by atoms with van der Waals surface area (Å²) < 4.78 is 0. The first-order chi connectivity index (χ1) is 4.34. The van der Waals surface area contributed by atoms with Crippen LogP contribution in [0, 0.1) is 0 Å². The van der Waals surface area contributed by atoms with Crippen molar-refractivity contribution in [3.63, 3.8) is 0 Å². The van der Waals surface area contributed by atoms with Crippen LogP contribution in [0.3, 0.4) is 0 Å². The van der Waals surface area contributed by atoms with E-state index in [9.17, 15) is 0 Å². The van der Waals surface area contributed by atoms with E-state index in [2.05, 4.69) is 0 Å². The molecule has 0 aliphatic carbocycles. The Hall–Kier alpha value is -0.0979. The summed E-state index contributed by atoms with van der Waals surface area (Å²) in [6.07, 6.45) is 0. The standard InChI is InChI=1S/C7H8O2.Pb.2H/c8-5-6-3-1-2-4-7(6)9;;;/h1-4,8-9H,5H2;;;. The molecular formula is C7H10O2Pb. The molecule has 0 aliphatic heterocycles. The average molecular weight is 333 g/mol. The van der Waals surface area contributed by atoms with Crippen molar-refractivity contribution in [2.45, 2.75) is 6.61 Å². The Morgan fingerprint density at radius 1 is 1.20 bits per heavy atom. The van der Waals surface area contributed by atoms with Gasteiger partial charge in [0.15, 0.2) is 0 Å². The topological polar surface area (TPSA) is 40.5 Å². The molecular weight excluding hydrogens is 323 g/mol. The van der Waals surface area contributed by atoms with E-state index in [0.717, 1.165) is 0 Å². The van der Waals surface area contributed by atoms with E-state index < -0.39 is 0 Å². The first-order valence-electron chi connectivity index (χ1n) is 2.72. The number of phenols is 1. The third-order valence-corrected chi connectivity index (χ3v) is 1.16. The number of para-hydroxylation sites is 1. The van der Waals surface area contributed by atoms with Crippen molar-refractivity contribution in [2.24, 2.45) is 0 Å². The van der Waals surface area contributed by atoms with Crippen molar-refractivity contribution >= 4 is 27.3 Å². The molecule has 0 amide bonds. The van der Waals surface area contributed by atoms with Gasteiger partial charge in [0.25, 0.3) is 0 Å². The summed E-state index contributed by atoms with van der Waals surface area (Å²) in [5.41, 5.74) is 0.567. The van der Waals surface area contributed by atoms with Crippen molar-refractivity contribution in [3.05, 3.63) is 29.8 Å². The Labute approximate surface area is 79.7 Å². The van der Waals surface area contributed by atoms with Crippen molar-refractivity contribution in [3.8, 4) is 5.75 Å². The van der Waals surface area contributed by atoms with Crippen LogP contribution in [0.25, 0.3) is 0 Å². The molecule has 2 N–H and O–H groups in total. The van der Waals surface area contributed by atoms with Crippen molar-refractivity contribution in [1.82, 2.24) is 0 Å². The van der Waals surface area contributed by atoms with E-state index in [1.807, 2.05) is 0 Å². The number of rotatable bonds is 1. The van der Waals surface area contributed by atoms with Crippen LogP contribution in [0.5, 0.6) is 5.75 Å². The molecule has 0 fully saturated rings. The van der Waals surface area contributed by atoms with Crippen LogP contribution in [0.4, 0.5) is 0 Å². The Kier molecular flexibility index (Phi) is 4.63. The Balaban J connectivity index is 0.000000810. The molecule has 1 aromatic rings. The van der Waals surface area contributed by atoms with Crippen molar-refractivity contribution in [1.29, 1.82) is 0 Å². The van der Waals surface area contributed by atoms with Gasteiger partial charge in [0.05, 0.1) is 6.61 Å². The molecule has 0 aliphatic rings. The molecule has 1 aromatic carbocycles. The molecule has 54 valence electrons. The molecule has 2 nitrogen and oxygen atoms in total. The van der Waals surface area contributed by atoms with Gasteiger partial charge in [-0.25, -0.2) is 0 Å². The molecule has 0 unspecified atom stereocenters. The number of aromatic hydroxyl groups is 1. The van der Waals surface area contributed by atoms with Crippen LogP contribution in [0.15, 0.2) is 24.3 Å². The van der Waals surface area contributed by atoms with Crippen molar-refractivity contribution < 1.29 is 10.2 Å². The van der Waals surface area contributed by atoms with Crippen LogP contribution >= 0.6 is 0 Å². The van der Waals surface area contributed by atoms with Crippen LogP contribution in [-0.2, 0) is 6.61 Å². The van der Waals surface area contributed by atoms with Gasteiger partial charge < -0.3 is 10.2 Å². The predicted octanol–water partition coefficient (Wildman–Crippen LogP) is -0.0317. The zero-order valence-electron chi connectivity index (χ0n) is 5.62. The molecule has 2 radical (unpaired) electrons. The maximum absolute atomic E-state index is 8.95. The summed E-state index contributed by atoms with van der Waals surface area (Å²) in [5, 5.41) is 17.5. The summed E-state index contributed by atoms with van der Waals surface area (Å²) in [6, 6.07) is 6.71. The second-order valence-electron chi connectivity index (χ2n) is 1.79. The van der Waals surface area contributed by atoms with Crippen LogP contribution in [-0.4, -0.2) is 37.5 Å². The van der Waals surface area contributed by atoms with E-state index >= 15 is 0 Å². The number of aliphatic hydroxyl groups is 1. The SMILES string of the molecule is OCc1ccccc1O.[PbH2]. The monoisotopic (exact) mass is 334 g/mol. The minimum absolute atomic E-state index is 0. The fourth-order valence-corrected chi connectivity index (χ4v) is 0.645. The fraction of sp³-hybridized carbons (Fsp3) is 0.143. The zero-order chi connectivity index (χ0) is 6.69. The average Bonchev–Trinajstić information content (AvgIpc) is 1.89. The predicted molar refractivity (Wildman–Crippen MR) is 42.6 cm³/mol. The molecule has 0 atom stereocenters. The van der Waals surface area contributed by atoms with Crippen LogP contribution in [0.1, 0.15) is 5.56 Å². The third kappa shape index (κ3) is 2.26. The van der Waals surface area contributed by atoms with E-state index in [1.54, 1.807) is 24.3 Å². The molecule has 10 heavy (non-hydrogen) atoms. The molecule has 0 spiro atoms. The Morgan fingerprint density at radius 3 is 2.20 bits per heavy atom. The van der Waals surface area contributed by atoms with Gasteiger partial charge in [-0.3, -0.25) is 0 Å². The number of hydrogen-bond donors (Lipinski definition) is 2. The van der Waals surface area contributed by atoms with Crippen LogP contribution < -0.4 is 0 Å². The summed E-state index contributed by atoms with van der Waals surface area (Å²) in [4.78, 5) is 0. The summed E-state index contributed by atoms with van der Waals surface area (Å²) >= 11 is 0. The van der Waals surface area contributed by atoms with E-state index in [0.29, 0.717) is 5.56 Å². The van der Waals surface area contributed by atoms with Gasteiger partial charge in [0, 0.05) is 5.56 Å². The van der Waals surface area contributed by atoms with Crippen LogP contribution in [0.2, 0.25) is 0 Å². The van der Waals surface area contributed by atoms with Gasteiger partial charge in [0.2, 0.25) is 0 Å². The Morgan fingerprint density at radius 2 is 1.80 bits per heavy atom. The first kappa shape index (κ1) is 9.90. The van der Waals surface area contributed by atoms with Gasteiger partial charge in [-0.1, -0.05) is 18.2 Å². The van der Waals surface area contributed by atoms with E-state index in [-0.39, 0.29) is 39.7 Å². The Bertz CT molecular complexity index is 201.